The second-order valence-electron chi connectivity index (χ2n) is 14.5. The van der Waals surface area contributed by atoms with Gasteiger partial charge in [0.2, 0.25) is 11.8 Å². The highest BCUT2D eigenvalue weighted by molar-refractivity contribution is 6.33. The van der Waals surface area contributed by atoms with Crippen molar-refractivity contribution in [2.24, 2.45) is 23.7 Å². The maximum absolute atomic E-state index is 15.5. The third-order valence-corrected chi connectivity index (χ3v) is 12.3. The molecule has 298 valence electrons. The number of pyridine rings is 1. The van der Waals surface area contributed by atoms with Crippen LogP contribution in [0, 0.1) is 23.7 Å². The van der Waals surface area contributed by atoms with Crippen molar-refractivity contribution < 1.29 is 46.9 Å². The van der Waals surface area contributed by atoms with E-state index in [0.29, 0.717) is 39.1 Å². The van der Waals surface area contributed by atoms with Crippen LogP contribution in [0.2, 0.25) is 10.0 Å². The van der Waals surface area contributed by atoms with Crippen molar-refractivity contribution in [3.05, 3.63) is 123 Å². The van der Waals surface area contributed by atoms with Crippen LogP contribution >= 0.6 is 23.2 Å². The Morgan fingerprint density at radius 3 is 2.28 bits per heavy atom. The first-order valence-corrected chi connectivity index (χ1v) is 18.8. The first kappa shape index (κ1) is 39.0. The van der Waals surface area contributed by atoms with Gasteiger partial charge in [-0.3, -0.25) is 29.5 Å². The number of imide groups is 2. The lowest BCUT2D eigenvalue weighted by molar-refractivity contribution is -0.139. The predicted octanol–water partition coefficient (Wildman–Crippen LogP) is 7.96. The molecule has 1 aromatic heterocycles. The number of hydrazine groups is 1. The Morgan fingerprint density at radius 1 is 0.948 bits per heavy atom. The average Bonchev–Trinajstić information content (AvgIpc) is 3.58. The quantitative estimate of drug-likeness (QED) is 0.134. The number of ether oxygens (including phenoxy) is 2. The Hall–Kier alpha value is -5.86. The zero-order chi connectivity index (χ0) is 41.4. The van der Waals surface area contributed by atoms with Crippen LogP contribution in [0.4, 0.5) is 24.7 Å². The number of fused-ring (bicyclic) bond motifs is 4. The van der Waals surface area contributed by atoms with E-state index in [1.54, 1.807) is 60.7 Å². The molecule has 3 heterocycles. The van der Waals surface area contributed by atoms with Crippen molar-refractivity contribution in [1.29, 1.82) is 0 Å². The first-order valence-electron chi connectivity index (χ1n) is 18.0. The van der Waals surface area contributed by atoms with Gasteiger partial charge < -0.3 is 14.6 Å². The van der Waals surface area contributed by atoms with Crippen molar-refractivity contribution >= 4 is 64.4 Å². The van der Waals surface area contributed by atoms with E-state index in [9.17, 15) is 32.7 Å². The molecule has 11 nitrogen and oxygen atoms in total. The minimum atomic E-state index is -4.78. The van der Waals surface area contributed by atoms with Gasteiger partial charge in [-0.15, -0.1) is 0 Å². The number of nitrogens with one attached hydrogen (secondary N) is 1. The smallest absolute Gasteiger partial charge is 0.417 e. The van der Waals surface area contributed by atoms with E-state index in [2.05, 4.69) is 17.0 Å². The summed E-state index contributed by atoms with van der Waals surface area (Å²) < 4.78 is 51.9. The van der Waals surface area contributed by atoms with Crippen molar-refractivity contribution in [3.8, 4) is 17.2 Å². The van der Waals surface area contributed by atoms with Gasteiger partial charge in [-0.05, 0) is 60.2 Å². The number of hydrogen-bond acceptors (Lipinski definition) is 9. The SMILES string of the molecule is C=Cc1ccc(N2C(=O)[C@H]3[C@H](CC=C4[C@H]3C[C@H]3C(=O)N(Nc5ncc(C(F)(F)F)cc5Cl)C(=O)[C@@]3(c3ccc(Cl)cc3)[C@H]4c3c(O)cc(OC)cc3OC)C2=O)cc1. The minimum absolute atomic E-state index is 0.0919. The topological polar surface area (TPSA) is 138 Å². The van der Waals surface area contributed by atoms with Gasteiger partial charge in [0.1, 0.15) is 17.2 Å². The second-order valence-corrected chi connectivity index (χ2v) is 15.3. The number of rotatable bonds is 8. The third kappa shape index (κ3) is 5.83. The molecule has 3 fully saturated rings. The Balaban J connectivity index is 1.34. The first-order chi connectivity index (χ1) is 27.6. The van der Waals surface area contributed by atoms with Gasteiger partial charge in [-0.2, -0.15) is 18.2 Å². The lowest BCUT2D eigenvalue weighted by Gasteiger charge is -2.50. The molecular weight excluding hydrogens is 800 g/mol. The largest absolute Gasteiger partial charge is 0.507 e. The molecular formula is C42H33Cl2F3N4O7. The van der Waals surface area contributed by atoms with E-state index in [1.807, 2.05) is 0 Å². The van der Waals surface area contributed by atoms with Crippen LogP contribution in [0.15, 0.2) is 91.2 Å². The van der Waals surface area contributed by atoms with Crippen molar-refractivity contribution in [2.75, 3.05) is 24.5 Å². The fourth-order valence-corrected chi connectivity index (χ4v) is 9.61. The number of benzene rings is 3. The molecule has 2 aliphatic carbocycles. The van der Waals surface area contributed by atoms with Crippen molar-refractivity contribution in [3.63, 3.8) is 0 Å². The summed E-state index contributed by atoms with van der Waals surface area (Å²) in [4.78, 5) is 64.2. The second kappa shape index (κ2) is 14.2. The van der Waals surface area contributed by atoms with E-state index >= 15 is 4.79 Å². The third-order valence-electron chi connectivity index (χ3n) is 11.8. The van der Waals surface area contributed by atoms with Crippen LogP contribution in [0.3, 0.4) is 0 Å². The molecule has 0 unspecified atom stereocenters. The fraction of sp³-hybridized carbons (Fsp3) is 0.262. The molecule has 0 bridgehead atoms. The minimum Gasteiger partial charge on any atom is -0.507 e. The predicted molar refractivity (Wildman–Crippen MR) is 207 cm³/mol. The highest BCUT2D eigenvalue weighted by atomic mass is 35.5. The van der Waals surface area contributed by atoms with E-state index in [1.165, 1.54) is 26.4 Å². The molecule has 2 aliphatic heterocycles. The molecule has 2 N–H and O–H groups in total. The number of halogens is 5. The van der Waals surface area contributed by atoms with E-state index < -0.39 is 81.2 Å². The summed E-state index contributed by atoms with van der Waals surface area (Å²) in [5.41, 5.74) is 1.58. The number of carbonyl (C=O) groups is 4. The molecule has 1 saturated carbocycles. The Morgan fingerprint density at radius 2 is 1.66 bits per heavy atom. The molecule has 16 heteroatoms. The zero-order valence-corrected chi connectivity index (χ0v) is 32.2. The van der Waals surface area contributed by atoms with Crippen LogP contribution in [-0.4, -0.2) is 52.9 Å². The number of carbonyl (C=O) groups excluding carboxylic acids is 4. The van der Waals surface area contributed by atoms with E-state index in [4.69, 9.17) is 32.7 Å². The van der Waals surface area contributed by atoms with Gasteiger partial charge in [0.05, 0.1) is 53.7 Å². The van der Waals surface area contributed by atoms with Gasteiger partial charge in [-0.25, -0.2) is 4.98 Å². The Kier molecular flexibility index (Phi) is 9.55. The molecule has 0 radical (unpaired) electrons. The van der Waals surface area contributed by atoms with E-state index in [0.717, 1.165) is 10.5 Å². The summed E-state index contributed by atoms with van der Waals surface area (Å²) in [5, 5.41) is 12.4. The van der Waals surface area contributed by atoms with E-state index in [-0.39, 0.29) is 35.7 Å². The maximum Gasteiger partial charge on any atom is 0.417 e. The number of hydrogen-bond donors (Lipinski definition) is 2. The number of aromatic hydroxyl groups is 1. The summed E-state index contributed by atoms with van der Waals surface area (Å²) in [7, 11) is 2.75. The molecule has 4 amide bonds. The van der Waals surface area contributed by atoms with Crippen molar-refractivity contribution in [2.45, 2.75) is 30.4 Å². The van der Waals surface area contributed by atoms with Crippen LogP contribution in [0.1, 0.15) is 41.0 Å². The summed E-state index contributed by atoms with van der Waals surface area (Å²) in [6.45, 7) is 3.76. The van der Waals surface area contributed by atoms with Gasteiger partial charge in [0.25, 0.3) is 11.8 Å². The summed E-state index contributed by atoms with van der Waals surface area (Å²) in [6, 6.07) is 16.5. The normalized spacial score (nSPS) is 25.2. The molecule has 0 spiro atoms. The molecule has 3 aromatic carbocycles. The molecule has 4 aromatic rings. The molecule has 4 aliphatic rings. The number of methoxy groups -OCH3 is 2. The Bertz CT molecular complexity index is 2440. The summed E-state index contributed by atoms with van der Waals surface area (Å²) in [6.07, 6.45) is -0.862. The van der Waals surface area contributed by atoms with Gasteiger partial charge in [0.15, 0.2) is 5.82 Å². The van der Waals surface area contributed by atoms with Crippen LogP contribution in [0.5, 0.6) is 17.2 Å². The fourth-order valence-electron chi connectivity index (χ4n) is 9.27. The highest BCUT2D eigenvalue weighted by Gasteiger charge is 2.71. The maximum atomic E-state index is 15.5. The highest BCUT2D eigenvalue weighted by Crippen LogP contribution is 2.66. The number of aromatic nitrogens is 1. The Labute approximate surface area is 339 Å². The average molecular weight is 834 g/mol. The molecule has 8 rings (SSSR count). The lowest BCUT2D eigenvalue weighted by Crippen LogP contribution is -2.53. The number of nitrogens with zero attached hydrogens (tertiary/aromatic N) is 3. The standard InChI is InChI=1S/C42H33Cl2F3N4O7/c1-4-20-5-11-24(12-6-20)50-37(53)27-14-13-26-28(33(27)39(50)55)18-29-38(54)51(49-36-30(44)15-22(19-48-36)42(45,46)47)40(56)41(29,21-7-9-23(43)10-8-21)35(26)34-31(52)16-25(57-2)17-32(34)58-3/h4-13,15-17,19,27-29,33,35,52H,1,14,18H2,2-3H3,(H,48,49)/t27-,28+,29-,33-,35+,41+/m0/s1. The van der Waals surface area contributed by atoms with Gasteiger partial charge in [-0.1, -0.05) is 71.8 Å². The molecule has 2 saturated heterocycles. The van der Waals surface area contributed by atoms with Crippen LogP contribution in [-0.2, 0) is 30.8 Å². The summed E-state index contributed by atoms with van der Waals surface area (Å²) >= 11 is 12.6. The van der Waals surface area contributed by atoms with Gasteiger partial charge in [0, 0.05) is 34.8 Å². The monoisotopic (exact) mass is 832 g/mol. The number of allylic oxidation sites excluding steroid dienone is 2. The number of amides is 4. The lowest BCUT2D eigenvalue weighted by atomic mass is 9.49. The summed E-state index contributed by atoms with van der Waals surface area (Å²) in [5.74, 6) is -8.18. The molecule has 6 atom stereocenters. The zero-order valence-electron chi connectivity index (χ0n) is 30.7. The number of phenols is 1. The number of anilines is 2. The van der Waals surface area contributed by atoms with Crippen molar-refractivity contribution in [1.82, 2.24) is 9.99 Å². The van der Waals surface area contributed by atoms with Crippen LogP contribution < -0.4 is 19.8 Å². The number of phenolic OH excluding ortho intramolecular Hbond substituents is 1. The van der Waals surface area contributed by atoms with Crippen LogP contribution in [0.25, 0.3) is 6.08 Å². The van der Waals surface area contributed by atoms with Gasteiger partial charge >= 0.3 is 6.18 Å². The number of alkyl halides is 3. The molecule has 58 heavy (non-hydrogen) atoms.